The standard InChI is InChI=1S/C14H16Cl3N5/c1-13(2,3)10-20-11(14(15,16)17)22-12(21-10)19-8-9-4-6-18-7-5-9/h4-7H,8H2,1-3H3,(H,19,20,21,22). The van der Waals surface area contributed by atoms with Crippen LogP contribution < -0.4 is 5.32 Å². The van der Waals surface area contributed by atoms with E-state index < -0.39 is 3.79 Å². The molecule has 2 rings (SSSR count). The largest absolute Gasteiger partial charge is 0.350 e. The fourth-order valence-electron chi connectivity index (χ4n) is 1.60. The summed E-state index contributed by atoms with van der Waals surface area (Å²) in [6.45, 7) is 6.49. The zero-order valence-electron chi connectivity index (χ0n) is 12.4. The van der Waals surface area contributed by atoms with Crippen molar-refractivity contribution in [2.45, 2.75) is 36.5 Å². The average Bonchev–Trinajstić information content (AvgIpc) is 2.44. The predicted octanol–water partition coefficient (Wildman–Crippen LogP) is 4.00. The van der Waals surface area contributed by atoms with Gasteiger partial charge in [0.05, 0.1) is 0 Å². The monoisotopic (exact) mass is 359 g/mol. The fraction of sp³-hybridized carbons (Fsp3) is 0.429. The molecule has 22 heavy (non-hydrogen) atoms. The smallest absolute Gasteiger partial charge is 0.250 e. The second kappa shape index (κ2) is 6.52. The summed E-state index contributed by atoms with van der Waals surface area (Å²) in [6, 6.07) is 3.80. The van der Waals surface area contributed by atoms with Crippen LogP contribution in [0.3, 0.4) is 0 Å². The molecule has 1 N–H and O–H groups in total. The van der Waals surface area contributed by atoms with Crippen LogP contribution in [0.2, 0.25) is 0 Å². The third kappa shape index (κ3) is 4.66. The summed E-state index contributed by atoms with van der Waals surface area (Å²) in [5, 5.41) is 3.12. The second-order valence-corrected chi connectivity index (χ2v) is 8.04. The first-order chi connectivity index (χ1) is 10.2. The average molecular weight is 361 g/mol. The lowest BCUT2D eigenvalue weighted by Gasteiger charge is -2.20. The van der Waals surface area contributed by atoms with Crippen molar-refractivity contribution in [2.75, 3.05) is 5.32 Å². The summed E-state index contributed by atoms with van der Waals surface area (Å²) in [5.74, 6) is 1.04. The van der Waals surface area contributed by atoms with Crippen molar-refractivity contribution in [1.82, 2.24) is 19.9 Å². The second-order valence-electron chi connectivity index (χ2n) is 5.76. The topological polar surface area (TPSA) is 63.6 Å². The Kier molecular flexibility index (Phi) is 5.10. The van der Waals surface area contributed by atoms with Gasteiger partial charge in [-0.25, -0.2) is 4.98 Å². The van der Waals surface area contributed by atoms with Gasteiger partial charge in [-0.15, -0.1) is 0 Å². The fourth-order valence-corrected chi connectivity index (χ4v) is 1.85. The lowest BCUT2D eigenvalue weighted by Crippen LogP contribution is -2.22. The van der Waals surface area contributed by atoms with Gasteiger partial charge in [0.25, 0.3) is 0 Å². The molecule has 2 aromatic rings. The highest BCUT2D eigenvalue weighted by Crippen LogP contribution is 2.36. The van der Waals surface area contributed by atoms with Crippen LogP contribution in [-0.4, -0.2) is 19.9 Å². The molecule has 0 unspecified atom stereocenters. The highest BCUT2D eigenvalue weighted by molar-refractivity contribution is 6.66. The number of nitrogens with zero attached hydrogens (tertiary/aromatic N) is 4. The highest BCUT2D eigenvalue weighted by atomic mass is 35.6. The molecule has 0 aliphatic carbocycles. The van der Waals surface area contributed by atoms with Gasteiger partial charge in [-0.05, 0) is 17.7 Å². The first-order valence-electron chi connectivity index (χ1n) is 6.63. The molecule has 0 aliphatic heterocycles. The van der Waals surface area contributed by atoms with E-state index in [0.29, 0.717) is 18.3 Å². The first-order valence-corrected chi connectivity index (χ1v) is 7.76. The maximum atomic E-state index is 5.91. The Balaban J connectivity index is 2.30. The summed E-state index contributed by atoms with van der Waals surface area (Å²) in [5.41, 5.74) is 0.754. The summed E-state index contributed by atoms with van der Waals surface area (Å²) >= 11 is 17.7. The van der Waals surface area contributed by atoms with Crippen molar-refractivity contribution >= 4 is 40.8 Å². The summed E-state index contributed by atoms with van der Waals surface area (Å²) < 4.78 is -1.70. The Labute approximate surface area is 144 Å². The molecule has 2 aromatic heterocycles. The van der Waals surface area contributed by atoms with Gasteiger partial charge in [-0.3, -0.25) is 4.98 Å². The van der Waals surface area contributed by atoms with Gasteiger partial charge in [-0.2, -0.15) is 9.97 Å². The lowest BCUT2D eigenvalue weighted by atomic mass is 9.96. The summed E-state index contributed by atoms with van der Waals surface area (Å²) in [7, 11) is 0. The number of pyridine rings is 1. The molecular weight excluding hydrogens is 345 g/mol. The molecule has 5 nitrogen and oxygen atoms in total. The van der Waals surface area contributed by atoms with Gasteiger partial charge in [0.15, 0.2) is 5.82 Å². The van der Waals surface area contributed by atoms with Crippen LogP contribution in [0.25, 0.3) is 0 Å². The third-order valence-corrected chi connectivity index (χ3v) is 3.27. The number of hydrogen-bond acceptors (Lipinski definition) is 5. The zero-order valence-corrected chi connectivity index (χ0v) is 14.7. The van der Waals surface area contributed by atoms with Crippen LogP contribution in [0.1, 0.15) is 38.0 Å². The minimum Gasteiger partial charge on any atom is -0.350 e. The van der Waals surface area contributed by atoms with Gasteiger partial charge in [0.1, 0.15) is 5.82 Å². The Morgan fingerprint density at radius 3 is 2.09 bits per heavy atom. The van der Waals surface area contributed by atoms with E-state index in [4.69, 9.17) is 34.8 Å². The van der Waals surface area contributed by atoms with E-state index in [1.807, 2.05) is 32.9 Å². The van der Waals surface area contributed by atoms with Crippen molar-refractivity contribution in [3.8, 4) is 0 Å². The van der Waals surface area contributed by atoms with Gasteiger partial charge >= 0.3 is 0 Å². The van der Waals surface area contributed by atoms with Crippen LogP contribution in [0.4, 0.5) is 5.95 Å². The Bertz CT molecular complexity index is 603. The van der Waals surface area contributed by atoms with E-state index in [0.717, 1.165) is 5.56 Å². The van der Waals surface area contributed by atoms with E-state index >= 15 is 0 Å². The number of alkyl halides is 3. The van der Waals surface area contributed by atoms with E-state index in [2.05, 4.69) is 25.3 Å². The number of rotatable bonds is 3. The highest BCUT2D eigenvalue weighted by Gasteiger charge is 2.30. The van der Waals surface area contributed by atoms with Crippen LogP contribution in [0.5, 0.6) is 0 Å². The molecule has 2 heterocycles. The Morgan fingerprint density at radius 1 is 0.955 bits per heavy atom. The molecule has 0 aromatic carbocycles. The maximum absolute atomic E-state index is 5.91. The van der Waals surface area contributed by atoms with Gasteiger partial charge in [-0.1, -0.05) is 55.6 Å². The van der Waals surface area contributed by atoms with E-state index in [9.17, 15) is 0 Å². The van der Waals surface area contributed by atoms with E-state index in [1.54, 1.807) is 12.4 Å². The van der Waals surface area contributed by atoms with Gasteiger partial charge in [0, 0.05) is 24.4 Å². The van der Waals surface area contributed by atoms with Gasteiger partial charge in [0.2, 0.25) is 9.74 Å². The molecule has 0 saturated heterocycles. The normalized spacial score (nSPS) is 12.3. The number of halogens is 3. The van der Waals surface area contributed by atoms with Crippen molar-refractivity contribution in [2.24, 2.45) is 0 Å². The third-order valence-electron chi connectivity index (χ3n) is 2.76. The van der Waals surface area contributed by atoms with Crippen LogP contribution in [-0.2, 0) is 15.8 Å². The molecule has 0 fully saturated rings. The van der Waals surface area contributed by atoms with Crippen molar-refractivity contribution < 1.29 is 0 Å². The number of hydrogen-bond donors (Lipinski definition) is 1. The summed E-state index contributed by atoms with van der Waals surface area (Å²) in [4.78, 5) is 16.8. The van der Waals surface area contributed by atoms with E-state index in [1.165, 1.54) is 0 Å². The minimum atomic E-state index is -1.70. The molecule has 0 atom stereocenters. The predicted molar refractivity (Wildman–Crippen MR) is 89.3 cm³/mol. The first kappa shape index (κ1) is 17.2. The molecule has 0 aliphatic rings. The van der Waals surface area contributed by atoms with Crippen molar-refractivity contribution in [3.63, 3.8) is 0 Å². The Morgan fingerprint density at radius 2 is 1.55 bits per heavy atom. The number of aromatic nitrogens is 4. The molecule has 8 heteroatoms. The van der Waals surface area contributed by atoms with E-state index in [-0.39, 0.29) is 11.2 Å². The SMILES string of the molecule is CC(C)(C)c1nc(NCc2ccncc2)nc(C(Cl)(Cl)Cl)n1. The molecule has 0 bridgehead atoms. The van der Waals surface area contributed by atoms with Crippen LogP contribution in [0, 0.1) is 0 Å². The van der Waals surface area contributed by atoms with Crippen LogP contribution >= 0.6 is 34.8 Å². The molecule has 0 amide bonds. The minimum absolute atomic E-state index is 0.106. The quantitative estimate of drug-likeness (QED) is 0.838. The number of nitrogens with one attached hydrogen (secondary N) is 1. The molecule has 0 spiro atoms. The lowest BCUT2D eigenvalue weighted by molar-refractivity contribution is 0.537. The molecule has 0 radical (unpaired) electrons. The van der Waals surface area contributed by atoms with Crippen molar-refractivity contribution in [3.05, 3.63) is 41.7 Å². The molecule has 0 saturated carbocycles. The summed E-state index contributed by atoms with van der Waals surface area (Å²) in [6.07, 6.45) is 3.44. The maximum Gasteiger partial charge on any atom is 0.250 e. The number of anilines is 1. The van der Waals surface area contributed by atoms with Crippen molar-refractivity contribution in [1.29, 1.82) is 0 Å². The Hall–Kier alpha value is -1.17. The molecular formula is C14H16Cl3N5. The zero-order chi connectivity index (χ0) is 16.4. The van der Waals surface area contributed by atoms with Gasteiger partial charge < -0.3 is 5.32 Å². The molecule has 118 valence electrons. The van der Waals surface area contributed by atoms with Crippen LogP contribution in [0.15, 0.2) is 24.5 Å².